The molecule has 0 aromatic heterocycles. The summed E-state index contributed by atoms with van der Waals surface area (Å²) in [6, 6.07) is 19.7. The number of nitrogens with zero attached hydrogens (tertiary/aromatic N) is 3. The van der Waals surface area contributed by atoms with E-state index in [0.29, 0.717) is 37.4 Å². The Labute approximate surface area is 193 Å². The van der Waals surface area contributed by atoms with Crippen LogP contribution in [-0.4, -0.2) is 52.5 Å². The maximum absolute atomic E-state index is 13.2. The standard InChI is InChI=1S/C25H26FN3O3S/c1-19-6-10-22(11-7-19)27(2)33(31,32)24-5-3-4-20(18-24)25(30)29-16-14-28(15-17-29)23-12-8-21(26)9-13-23/h3-13,18H,14-17H2,1-2H3. The quantitative estimate of drug-likeness (QED) is 0.571. The molecule has 172 valence electrons. The van der Waals surface area contributed by atoms with Gasteiger partial charge in [-0.1, -0.05) is 23.8 Å². The lowest BCUT2D eigenvalue weighted by atomic mass is 10.1. The normalized spacial score (nSPS) is 14.3. The second-order valence-corrected chi connectivity index (χ2v) is 10.1. The predicted octanol–water partition coefficient (Wildman–Crippen LogP) is 3.92. The number of carbonyl (C=O) groups is 1. The molecular weight excluding hydrogens is 441 g/mol. The molecule has 0 N–H and O–H groups in total. The van der Waals surface area contributed by atoms with Gasteiger partial charge in [0.15, 0.2) is 0 Å². The van der Waals surface area contributed by atoms with E-state index in [9.17, 15) is 17.6 Å². The molecule has 1 amide bonds. The second kappa shape index (κ2) is 9.23. The summed E-state index contributed by atoms with van der Waals surface area (Å²) in [6.07, 6.45) is 0. The molecule has 3 aromatic carbocycles. The van der Waals surface area contributed by atoms with E-state index < -0.39 is 10.0 Å². The van der Waals surface area contributed by atoms with E-state index in [1.54, 1.807) is 41.3 Å². The molecule has 0 bridgehead atoms. The minimum atomic E-state index is -3.82. The van der Waals surface area contributed by atoms with Gasteiger partial charge in [0.1, 0.15) is 5.82 Å². The average molecular weight is 468 g/mol. The molecule has 0 radical (unpaired) electrons. The van der Waals surface area contributed by atoms with Crippen LogP contribution < -0.4 is 9.21 Å². The van der Waals surface area contributed by atoms with Gasteiger partial charge in [0, 0.05) is 44.5 Å². The fourth-order valence-electron chi connectivity index (χ4n) is 3.84. The van der Waals surface area contributed by atoms with Gasteiger partial charge in [-0.15, -0.1) is 0 Å². The fraction of sp³-hybridized carbons (Fsp3) is 0.240. The van der Waals surface area contributed by atoms with Gasteiger partial charge in [-0.2, -0.15) is 0 Å². The third-order valence-electron chi connectivity index (χ3n) is 5.90. The molecule has 1 aliphatic rings. The van der Waals surface area contributed by atoms with Gasteiger partial charge in [-0.05, 0) is 61.5 Å². The van der Waals surface area contributed by atoms with E-state index in [1.807, 2.05) is 19.1 Å². The van der Waals surface area contributed by atoms with Crippen molar-refractivity contribution in [3.05, 3.63) is 89.7 Å². The zero-order valence-corrected chi connectivity index (χ0v) is 19.4. The predicted molar refractivity (Wildman–Crippen MR) is 128 cm³/mol. The number of rotatable bonds is 5. The van der Waals surface area contributed by atoms with Gasteiger partial charge in [-0.25, -0.2) is 12.8 Å². The summed E-state index contributed by atoms with van der Waals surface area (Å²) in [7, 11) is -2.31. The van der Waals surface area contributed by atoms with Crippen LogP contribution in [0.1, 0.15) is 15.9 Å². The van der Waals surface area contributed by atoms with Crippen LogP contribution in [0.25, 0.3) is 0 Å². The molecule has 1 saturated heterocycles. The monoisotopic (exact) mass is 467 g/mol. The molecule has 0 saturated carbocycles. The number of sulfonamides is 1. The molecule has 4 rings (SSSR count). The molecule has 1 aliphatic heterocycles. The van der Waals surface area contributed by atoms with Crippen LogP contribution in [0.15, 0.2) is 77.7 Å². The first-order valence-electron chi connectivity index (χ1n) is 10.7. The zero-order valence-electron chi connectivity index (χ0n) is 18.6. The topological polar surface area (TPSA) is 60.9 Å². The Bertz CT molecular complexity index is 1240. The van der Waals surface area contributed by atoms with Gasteiger partial charge in [-0.3, -0.25) is 9.10 Å². The summed E-state index contributed by atoms with van der Waals surface area (Å²) in [5.41, 5.74) is 2.84. The minimum absolute atomic E-state index is 0.0707. The van der Waals surface area contributed by atoms with Crippen molar-refractivity contribution in [1.82, 2.24) is 4.90 Å². The Hall–Kier alpha value is -3.39. The van der Waals surface area contributed by atoms with E-state index in [2.05, 4.69) is 4.90 Å². The van der Waals surface area contributed by atoms with E-state index in [0.717, 1.165) is 11.3 Å². The Morgan fingerprint density at radius 2 is 1.55 bits per heavy atom. The SMILES string of the molecule is Cc1ccc(N(C)S(=O)(=O)c2cccc(C(=O)N3CCN(c4ccc(F)cc4)CC3)c2)cc1. The minimum Gasteiger partial charge on any atom is -0.368 e. The fourth-order valence-corrected chi connectivity index (χ4v) is 5.09. The number of aryl methyl sites for hydroxylation is 1. The van der Waals surface area contributed by atoms with Crippen molar-refractivity contribution in [2.75, 3.05) is 42.4 Å². The van der Waals surface area contributed by atoms with Crippen molar-refractivity contribution < 1.29 is 17.6 Å². The van der Waals surface area contributed by atoms with Crippen LogP contribution in [0, 0.1) is 12.7 Å². The number of piperazine rings is 1. The summed E-state index contributed by atoms with van der Waals surface area (Å²) in [5, 5.41) is 0. The van der Waals surface area contributed by atoms with E-state index >= 15 is 0 Å². The van der Waals surface area contributed by atoms with Crippen molar-refractivity contribution in [3.63, 3.8) is 0 Å². The lowest BCUT2D eigenvalue weighted by Crippen LogP contribution is -2.48. The third kappa shape index (κ3) is 4.85. The molecular formula is C25H26FN3O3S. The molecule has 3 aromatic rings. The lowest BCUT2D eigenvalue weighted by Gasteiger charge is -2.36. The molecule has 0 aliphatic carbocycles. The van der Waals surface area contributed by atoms with Gasteiger partial charge in [0.25, 0.3) is 15.9 Å². The molecule has 0 spiro atoms. The Morgan fingerprint density at radius 3 is 2.18 bits per heavy atom. The largest absolute Gasteiger partial charge is 0.368 e. The number of carbonyl (C=O) groups excluding carboxylic acids is 1. The first kappa shape index (κ1) is 22.8. The van der Waals surface area contributed by atoms with Crippen LogP contribution in [0.3, 0.4) is 0 Å². The maximum Gasteiger partial charge on any atom is 0.264 e. The van der Waals surface area contributed by atoms with Crippen LogP contribution in [0.2, 0.25) is 0 Å². The van der Waals surface area contributed by atoms with Crippen molar-refractivity contribution in [3.8, 4) is 0 Å². The van der Waals surface area contributed by atoms with Crippen molar-refractivity contribution in [2.24, 2.45) is 0 Å². The average Bonchev–Trinajstić information content (AvgIpc) is 2.84. The van der Waals surface area contributed by atoms with Crippen LogP contribution in [0.5, 0.6) is 0 Å². The summed E-state index contributed by atoms with van der Waals surface area (Å²) in [4.78, 5) is 17.0. The molecule has 8 heteroatoms. The summed E-state index contributed by atoms with van der Waals surface area (Å²) in [6.45, 7) is 4.16. The van der Waals surface area contributed by atoms with Crippen LogP contribution >= 0.6 is 0 Å². The lowest BCUT2D eigenvalue weighted by molar-refractivity contribution is 0.0746. The highest BCUT2D eigenvalue weighted by molar-refractivity contribution is 7.92. The highest BCUT2D eigenvalue weighted by atomic mass is 32.2. The highest BCUT2D eigenvalue weighted by Gasteiger charge is 2.26. The Balaban J connectivity index is 1.47. The van der Waals surface area contributed by atoms with Gasteiger partial charge < -0.3 is 9.80 Å². The van der Waals surface area contributed by atoms with E-state index in [4.69, 9.17) is 0 Å². The number of hydrogen-bond donors (Lipinski definition) is 0. The summed E-state index contributed by atoms with van der Waals surface area (Å²) >= 11 is 0. The molecule has 1 heterocycles. The number of halogens is 1. The number of benzene rings is 3. The first-order valence-corrected chi connectivity index (χ1v) is 12.2. The summed E-state index contributed by atoms with van der Waals surface area (Å²) in [5.74, 6) is -0.487. The second-order valence-electron chi connectivity index (χ2n) is 8.09. The molecule has 0 unspecified atom stereocenters. The molecule has 6 nitrogen and oxygen atoms in total. The number of anilines is 2. The Morgan fingerprint density at radius 1 is 0.909 bits per heavy atom. The number of amides is 1. The molecule has 1 fully saturated rings. The summed E-state index contributed by atoms with van der Waals surface area (Å²) < 4.78 is 40.7. The van der Waals surface area contributed by atoms with Crippen LogP contribution in [0.4, 0.5) is 15.8 Å². The van der Waals surface area contributed by atoms with Crippen LogP contribution in [-0.2, 0) is 10.0 Å². The maximum atomic E-state index is 13.2. The smallest absolute Gasteiger partial charge is 0.264 e. The van der Waals surface area contributed by atoms with Gasteiger partial charge >= 0.3 is 0 Å². The molecule has 0 atom stereocenters. The zero-order chi connectivity index (χ0) is 23.6. The molecule has 33 heavy (non-hydrogen) atoms. The van der Waals surface area contributed by atoms with Gasteiger partial charge in [0.2, 0.25) is 0 Å². The van der Waals surface area contributed by atoms with Crippen molar-refractivity contribution >= 4 is 27.3 Å². The van der Waals surface area contributed by atoms with Gasteiger partial charge in [0.05, 0.1) is 10.6 Å². The van der Waals surface area contributed by atoms with E-state index in [-0.39, 0.29) is 16.6 Å². The first-order chi connectivity index (χ1) is 15.8. The van der Waals surface area contributed by atoms with Crippen molar-refractivity contribution in [1.29, 1.82) is 0 Å². The number of hydrogen-bond acceptors (Lipinski definition) is 4. The van der Waals surface area contributed by atoms with E-state index in [1.165, 1.54) is 35.6 Å². The Kier molecular flexibility index (Phi) is 6.37. The third-order valence-corrected chi connectivity index (χ3v) is 7.68. The van der Waals surface area contributed by atoms with Crippen molar-refractivity contribution in [2.45, 2.75) is 11.8 Å². The highest BCUT2D eigenvalue weighted by Crippen LogP contribution is 2.24.